The Labute approximate surface area is 71.4 Å². The summed E-state index contributed by atoms with van der Waals surface area (Å²) in [4.78, 5) is 0. The second-order valence-electron chi connectivity index (χ2n) is 3.80. The van der Waals surface area contributed by atoms with Gasteiger partial charge in [0.2, 0.25) is 0 Å². The fourth-order valence-electron chi connectivity index (χ4n) is 0.957. The first kappa shape index (κ1) is 10.6. The summed E-state index contributed by atoms with van der Waals surface area (Å²) < 4.78 is 0. The van der Waals surface area contributed by atoms with Crippen molar-refractivity contribution < 1.29 is 0 Å². The van der Waals surface area contributed by atoms with Crippen LogP contribution in [0.25, 0.3) is 0 Å². The van der Waals surface area contributed by atoms with E-state index in [0.29, 0.717) is 5.41 Å². The maximum atomic E-state index is 3.09. The Bertz CT molecular complexity index is 143. The van der Waals surface area contributed by atoms with E-state index in [0.717, 1.165) is 6.42 Å². The van der Waals surface area contributed by atoms with Crippen LogP contribution in [-0.4, -0.2) is 0 Å². The van der Waals surface area contributed by atoms with E-state index in [1.807, 2.05) is 6.92 Å². The summed E-state index contributed by atoms with van der Waals surface area (Å²) in [6.07, 6.45) is 4.90. The van der Waals surface area contributed by atoms with E-state index in [-0.39, 0.29) is 0 Å². The summed E-state index contributed by atoms with van der Waals surface area (Å²) >= 11 is 0. The smallest absolute Gasteiger partial charge is 0.00887 e. The molecule has 0 saturated carbocycles. The molecule has 0 heteroatoms. The number of rotatable bonds is 4. The van der Waals surface area contributed by atoms with E-state index in [2.05, 4.69) is 32.6 Å². The normalized spacial score (nSPS) is 10.5. The minimum atomic E-state index is 0.523. The SMILES string of the molecule is CC#CCCCC(C)(C)CC. The minimum Gasteiger partial charge on any atom is -0.107 e. The van der Waals surface area contributed by atoms with Crippen LogP contribution in [0.15, 0.2) is 0 Å². The van der Waals surface area contributed by atoms with Crippen molar-refractivity contribution in [2.24, 2.45) is 5.41 Å². The number of hydrogen-bond donors (Lipinski definition) is 0. The highest BCUT2D eigenvalue weighted by atomic mass is 14.2. The topological polar surface area (TPSA) is 0 Å². The average molecular weight is 152 g/mol. The van der Waals surface area contributed by atoms with Crippen molar-refractivity contribution >= 4 is 0 Å². The molecule has 0 rings (SSSR count). The van der Waals surface area contributed by atoms with E-state index in [1.54, 1.807) is 0 Å². The highest BCUT2D eigenvalue weighted by molar-refractivity contribution is 4.94. The lowest BCUT2D eigenvalue weighted by Crippen LogP contribution is -2.08. The van der Waals surface area contributed by atoms with Crippen molar-refractivity contribution in [2.45, 2.75) is 53.4 Å². The molecule has 0 amide bonds. The second kappa shape index (κ2) is 5.24. The lowest BCUT2D eigenvalue weighted by atomic mass is 9.85. The summed E-state index contributed by atoms with van der Waals surface area (Å²) in [5.74, 6) is 6.02. The molecule has 0 spiro atoms. The molecule has 0 aliphatic rings. The van der Waals surface area contributed by atoms with Crippen LogP contribution in [0.3, 0.4) is 0 Å². The minimum absolute atomic E-state index is 0.523. The van der Waals surface area contributed by atoms with E-state index in [9.17, 15) is 0 Å². The molecular formula is C11H20. The first-order chi connectivity index (χ1) is 5.12. The fraction of sp³-hybridized carbons (Fsp3) is 0.818. The number of hydrogen-bond acceptors (Lipinski definition) is 0. The van der Waals surface area contributed by atoms with Gasteiger partial charge in [0.1, 0.15) is 0 Å². The van der Waals surface area contributed by atoms with Gasteiger partial charge in [-0.25, -0.2) is 0 Å². The van der Waals surface area contributed by atoms with Crippen molar-refractivity contribution in [2.75, 3.05) is 0 Å². The Morgan fingerprint density at radius 2 is 1.91 bits per heavy atom. The third-order valence-corrected chi connectivity index (χ3v) is 2.29. The maximum Gasteiger partial charge on any atom is 0.00887 e. The van der Waals surface area contributed by atoms with Gasteiger partial charge in [-0.2, -0.15) is 0 Å². The third-order valence-electron chi connectivity index (χ3n) is 2.29. The van der Waals surface area contributed by atoms with Gasteiger partial charge in [-0.05, 0) is 25.2 Å². The molecule has 64 valence electrons. The van der Waals surface area contributed by atoms with Crippen molar-refractivity contribution in [3.63, 3.8) is 0 Å². The van der Waals surface area contributed by atoms with Crippen LogP contribution < -0.4 is 0 Å². The van der Waals surface area contributed by atoms with Gasteiger partial charge in [0.25, 0.3) is 0 Å². The molecule has 0 bridgehead atoms. The first-order valence-corrected chi connectivity index (χ1v) is 4.52. The Kier molecular flexibility index (Phi) is 5.03. The highest BCUT2D eigenvalue weighted by Gasteiger charge is 2.13. The van der Waals surface area contributed by atoms with Crippen LogP contribution in [-0.2, 0) is 0 Å². The van der Waals surface area contributed by atoms with Gasteiger partial charge in [-0.3, -0.25) is 0 Å². The zero-order chi connectivity index (χ0) is 8.74. The molecule has 0 aliphatic heterocycles. The zero-order valence-corrected chi connectivity index (χ0v) is 8.33. The highest BCUT2D eigenvalue weighted by Crippen LogP contribution is 2.26. The van der Waals surface area contributed by atoms with E-state index >= 15 is 0 Å². The molecule has 0 atom stereocenters. The van der Waals surface area contributed by atoms with Crippen LogP contribution in [0.5, 0.6) is 0 Å². The van der Waals surface area contributed by atoms with Crippen LogP contribution in [0, 0.1) is 17.3 Å². The molecule has 0 aliphatic carbocycles. The van der Waals surface area contributed by atoms with Crippen LogP contribution in [0.4, 0.5) is 0 Å². The van der Waals surface area contributed by atoms with Crippen LogP contribution in [0.2, 0.25) is 0 Å². The monoisotopic (exact) mass is 152 g/mol. The fourth-order valence-corrected chi connectivity index (χ4v) is 0.957. The zero-order valence-electron chi connectivity index (χ0n) is 8.33. The Hall–Kier alpha value is -0.440. The lowest BCUT2D eigenvalue weighted by molar-refractivity contribution is 0.315. The van der Waals surface area contributed by atoms with Crippen LogP contribution >= 0.6 is 0 Å². The standard InChI is InChI=1S/C11H20/c1-5-7-8-9-10-11(3,4)6-2/h6,8-10H2,1-4H3. The molecule has 0 N–H and O–H groups in total. The van der Waals surface area contributed by atoms with Crippen molar-refractivity contribution in [1.29, 1.82) is 0 Å². The molecule has 0 nitrogen and oxygen atoms in total. The predicted octanol–water partition coefficient (Wildman–Crippen LogP) is 3.62. The number of unbranched alkanes of at least 4 members (excludes halogenated alkanes) is 1. The first-order valence-electron chi connectivity index (χ1n) is 4.52. The van der Waals surface area contributed by atoms with Gasteiger partial charge >= 0.3 is 0 Å². The molecule has 0 aromatic heterocycles. The predicted molar refractivity (Wildman–Crippen MR) is 51.4 cm³/mol. The summed E-state index contributed by atoms with van der Waals surface area (Å²) in [6, 6.07) is 0. The second-order valence-corrected chi connectivity index (χ2v) is 3.80. The summed E-state index contributed by atoms with van der Waals surface area (Å²) in [5.41, 5.74) is 0.523. The summed E-state index contributed by atoms with van der Waals surface area (Å²) in [5, 5.41) is 0. The molecule has 0 saturated heterocycles. The van der Waals surface area contributed by atoms with E-state index < -0.39 is 0 Å². The Morgan fingerprint density at radius 1 is 1.27 bits per heavy atom. The van der Waals surface area contributed by atoms with Crippen LogP contribution in [0.1, 0.15) is 53.4 Å². The van der Waals surface area contributed by atoms with Crippen molar-refractivity contribution in [1.82, 2.24) is 0 Å². The Balaban J connectivity index is 3.42. The molecule has 0 fully saturated rings. The third kappa shape index (κ3) is 5.98. The van der Waals surface area contributed by atoms with Gasteiger partial charge < -0.3 is 0 Å². The summed E-state index contributed by atoms with van der Waals surface area (Å²) in [7, 11) is 0. The summed E-state index contributed by atoms with van der Waals surface area (Å²) in [6.45, 7) is 8.81. The Morgan fingerprint density at radius 3 is 2.36 bits per heavy atom. The van der Waals surface area contributed by atoms with E-state index in [1.165, 1.54) is 19.3 Å². The molecular weight excluding hydrogens is 132 g/mol. The average Bonchev–Trinajstić information content (AvgIpc) is 1.99. The van der Waals surface area contributed by atoms with Gasteiger partial charge in [0.05, 0.1) is 0 Å². The molecule has 11 heavy (non-hydrogen) atoms. The van der Waals surface area contributed by atoms with Gasteiger partial charge in [-0.15, -0.1) is 11.8 Å². The maximum absolute atomic E-state index is 3.09. The largest absolute Gasteiger partial charge is 0.107 e. The quantitative estimate of drug-likeness (QED) is 0.426. The molecule has 0 heterocycles. The van der Waals surface area contributed by atoms with Gasteiger partial charge in [0.15, 0.2) is 0 Å². The molecule has 0 radical (unpaired) electrons. The lowest BCUT2D eigenvalue weighted by Gasteiger charge is -2.21. The van der Waals surface area contributed by atoms with Gasteiger partial charge in [0, 0.05) is 6.42 Å². The van der Waals surface area contributed by atoms with Gasteiger partial charge in [-0.1, -0.05) is 27.2 Å². The molecule has 0 aromatic rings. The van der Waals surface area contributed by atoms with E-state index in [4.69, 9.17) is 0 Å². The molecule has 0 aromatic carbocycles. The van der Waals surface area contributed by atoms with Crippen molar-refractivity contribution in [3.8, 4) is 11.8 Å². The molecule has 0 unspecified atom stereocenters. The van der Waals surface area contributed by atoms with Crippen molar-refractivity contribution in [3.05, 3.63) is 0 Å².